The first-order valence-corrected chi connectivity index (χ1v) is 6.32. The monoisotopic (exact) mass is 299 g/mol. The van der Waals surface area contributed by atoms with Gasteiger partial charge in [-0.2, -0.15) is 0 Å². The van der Waals surface area contributed by atoms with Crippen LogP contribution in [0.1, 0.15) is 0 Å². The number of fused-ring (bicyclic) bond motifs is 1. The van der Waals surface area contributed by atoms with Crippen molar-refractivity contribution in [3.8, 4) is 0 Å². The predicted octanol–water partition coefficient (Wildman–Crippen LogP) is 3.16. The summed E-state index contributed by atoms with van der Waals surface area (Å²) in [7, 11) is 0. The number of nitrogens with one attached hydrogen (secondary N) is 1. The van der Waals surface area contributed by atoms with Crippen LogP contribution in [0.2, 0.25) is 0 Å². The summed E-state index contributed by atoms with van der Waals surface area (Å²) in [6.45, 7) is 0. The van der Waals surface area contributed by atoms with Gasteiger partial charge < -0.3 is 9.73 Å². The standard InChI is InChI=1S/C15H10FN3O3/c16-10-1-4-12(5-2-10)19(9-20)15(21)18-11-3-6-14-13(7-11)17-8-22-14/h1-9H,(H,18,21). The minimum atomic E-state index is -0.663. The number of carbonyl (C=O) groups excluding carboxylic acids is 2. The molecule has 0 fully saturated rings. The van der Waals surface area contributed by atoms with Crippen LogP contribution in [0.25, 0.3) is 11.1 Å². The Hall–Kier alpha value is -3.22. The molecule has 0 saturated heterocycles. The Balaban J connectivity index is 1.82. The third-order valence-corrected chi connectivity index (χ3v) is 3.01. The van der Waals surface area contributed by atoms with Crippen LogP contribution in [0.4, 0.5) is 20.6 Å². The van der Waals surface area contributed by atoms with Gasteiger partial charge in [0.2, 0.25) is 6.41 Å². The van der Waals surface area contributed by atoms with E-state index >= 15 is 0 Å². The minimum absolute atomic E-state index is 0.261. The normalized spacial score (nSPS) is 10.4. The Kier molecular flexibility index (Phi) is 3.53. The lowest BCUT2D eigenvalue weighted by atomic mass is 10.3. The maximum Gasteiger partial charge on any atom is 0.332 e. The zero-order valence-corrected chi connectivity index (χ0v) is 11.2. The van der Waals surface area contributed by atoms with Gasteiger partial charge in [0.15, 0.2) is 12.0 Å². The molecule has 0 unspecified atom stereocenters. The Morgan fingerprint density at radius 3 is 2.73 bits per heavy atom. The third-order valence-electron chi connectivity index (χ3n) is 3.01. The number of aromatic nitrogens is 1. The van der Waals surface area contributed by atoms with Gasteiger partial charge in [0, 0.05) is 5.69 Å². The van der Waals surface area contributed by atoms with Crippen molar-refractivity contribution in [2.45, 2.75) is 0 Å². The van der Waals surface area contributed by atoms with Crippen molar-refractivity contribution in [1.29, 1.82) is 0 Å². The first kappa shape index (κ1) is 13.7. The van der Waals surface area contributed by atoms with Gasteiger partial charge in [-0.05, 0) is 42.5 Å². The van der Waals surface area contributed by atoms with Crippen molar-refractivity contribution in [1.82, 2.24) is 4.98 Å². The molecule has 0 bridgehead atoms. The number of anilines is 2. The van der Waals surface area contributed by atoms with E-state index in [1.165, 1.54) is 30.7 Å². The van der Waals surface area contributed by atoms with Crippen molar-refractivity contribution in [3.63, 3.8) is 0 Å². The molecule has 0 aliphatic rings. The van der Waals surface area contributed by atoms with Crippen LogP contribution in [0.15, 0.2) is 53.3 Å². The molecule has 0 saturated carbocycles. The quantitative estimate of drug-likeness (QED) is 0.754. The van der Waals surface area contributed by atoms with Crippen LogP contribution in [-0.4, -0.2) is 17.4 Å². The number of nitrogens with zero attached hydrogens (tertiary/aromatic N) is 2. The fourth-order valence-corrected chi connectivity index (χ4v) is 1.95. The van der Waals surface area contributed by atoms with E-state index in [2.05, 4.69) is 10.3 Å². The predicted molar refractivity (Wildman–Crippen MR) is 78.0 cm³/mol. The highest BCUT2D eigenvalue weighted by atomic mass is 19.1. The average molecular weight is 299 g/mol. The summed E-state index contributed by atoms with van der Waals surface area (Å²) >= 11 is 0. The number of rotatable bonds is 3. The molecule has 3 aromatic rings. The molecule has 0 aliphatic carbocycles. The Labute approximate surface area is 124 Å². The first-order chi connectivity index (χ1) is 10.7. The van der Waals surface area contributed by atoms with Gasteiger partial charge in [-0.3, -0.25) is 4.79 Å². The molecule has 2 aromatic carbocycles. The topological polar surface area (TPSA) is 75.4 Å². The summed E-state index contributed by atoms with van der Waals surface area (Å²) in [6.07, 6.45) is 1.66. The Bertz CT molecular complexity index is 829. The number of amides is 3. The van der Waals surface area contributed by atoms with Gasteiger partial charge >= 0.3 is 6.03 Å². The van der Waals surface area contributed by atoms with Crippen molar-refractivity contribution in [2.24, 2.45) is 0 Å². The summed E-state index contributed by atoms with van der Waals surface area (Å²) in [6, 6.07) is 9.24. The summed E-state index contributed by atoms with van der Waals surface area (Å²) in [5.41, 5.74) is 1.89. The number of urea groups is 1. The maximum absolute atomic E-state index is 12.9. The zero-order chi connectivity index (χ0) is 15.5. The van der Waals surface area contributed by atoms with E-state index < -0.39 is 11.8 Å². The van der Waals surface area contributed by atoms with Gasteiger partial charge in [0.1, 0.15) is 11.3 Å². The smallest absolute Gasteiger partial charge is 0.332 e. The van der Waals surface area contributed by atoms with E-state index in [0.717, 1.165) is 4.90 Å². The van der Waals surface area contributed by atoms with Gasteiger partial charge in [0.25, 0.3) is 0 Å². The van der Waals surface area contributed by atoms with Crippen LogP contribution >= 0.6 is 0 Å². The number of halogens is 1. The molecular weight excluding hydrogens is 289 g/mol. The molecule has 0 radical (unpaired) electrons. The number of carbonyl (C=O) groups is 2. The molecule has 0 aliphatic heterocycles. The Morgan fingerprint density at radius 2 is 2.00 bits per heavy atom. The second kappa shape index (κ2) is 5.65. The highest BCUT2D eigenvalue weighted by molar-refractivity contribution is 6.12. The highest BCUT2D eigenvalue weighted by Gasteiger charge is 2.15. The highest BCUT2D eigenvalue weighted by Crippen LogP contribution is 2.19. The van der Waals surface area contributed by atoms with Crippen LogP contribution < -0.4 is 10.2 Å². The molecule has 6 nitrogen and oxygen atoms in total. The lowest BCUT2D eigenvalue weighted by molar-refractivity contribution is -0.106. The number of benzene rings is 2. The molecule has 7 heteroatoms. The summed E-state index contributed by atoms with van der Waals surface area (Å²) in [5, 5.41) is 2.57. The number of oxazole rings is 1. The van der Waals surface area contributed by atoms with E-state index in [0.29, 0.717) is 23.2 Å². The fraction of sp³-hybridized carbons (Fsp3) is 0. The molecule has 3 amide bonds. The van der Waals surface area contributed by atoms with Crippen LogP contribution in [-0.2, 0) is 4.79 Å². The van der Waals surface area contributed by atoms with Gasteiger partial charge in [-0.15, -0.1) is 0 Å². The number of hydrogen-bond acceptors (Lipinski definition) is 4. The van der Waals surface area contributed by atoms with Gasteiger partial charge in [-0.1, -0.05) is 0 Å². The largest absolute Gasteiger partial charge is 0.443 e. The molecule has 0 spiro atoms. The summed E-state index contributed by atoms with van der Waals surface area (Å²) in [5.74, 6) is -0.452. The van der Waals surface area contributed by atoms with Crippen molar-refractivity contribution in [2.75, 3.05) is 10.2 Å². The summed E-state index contributed by atoms with van der Waals surface area (Å²) < 4.78 is 18.0. The minimum Gasteiger partial charge on any atom is -0.443 e. The van der Waals surface area contributed by atoms with Crippen molar-refractivity contribution >= 4 is 34.9 Å². The lowest BCUT2D eigenvalue weighted by Gasteiger charge is -2.16. The average Bonchev–Trinajstić information content (AvgIpc) is 2.97. The lowest BCUT2D eigenvalue weighted by Crippen LogP contribution is -2.33. The van der Waals surface area contributed by atoms with Crippen molar-refractivity contribution in [3.05, 3.63) is 54.7 Å². The van der Waals surface area contributed by atoms with E-state index in [4.69, 9.17) is 4.42 Å². The molecule has 1 N–H and O–H groups in total. The SMILES string of the molecule is O=CN(C(=O)Nc1ccc2ocnc2c1)c1ccc(F)cc1. The van der Waals surface area contributed by atoms with Crippen LogP contribution in [0.5, 0.6) is 0 Å². The molecule has 1 heterocycles. The third kappa shape index (κ3) is 2.64. The number of imide groups is 1. The van der Waals surface area contributed by atoms with Crippen LogP contribution in [0, 0.1) is 5.82 Å². The van der Waals surface area contributed by atoms with Crippen LogP contribution in [0.3, 0.4) is 0 Å². The molecule has 0 atom stereocenters. The van der Waals surface area contributed by atoms with E-state index in [1.807, 2.05) is 0 Å². The van der Waals surface area contributed by atoms with E-state index in [-0.39, 0.29) is 5.69 Å². The van der Waals surface area contributed by atoms with Gasteiger partial charge in [0.05, 0.1) is 5.69 Å². The number of hydrogen-bond donors (Lipinski definition) is 1. The maximum atomic E-state index is 12.9. The molecule has 3 rings (SSSR count). The first-order valence-electron chi connectivity index (χ1n) is 6.32. The van der Waals surface area contributed by atoms with Crippen molar-refractivity contribution < 1.29 is 18.4 Å². The molecule has 1 aromatic heterocycles. The molecule has 110 valence electrons. The second-order valence-corrected chi connectivity index (χ2v) is 4.42. The molecular formula is C15H10FN3O3. The summed E-state index contributed by atoms with van der Waals surface area (Å²) in [4.78, 5) is 28.1. The van der Waals surface area contributed by atoms with E-state index in [9.17, 15) is 14.0 Å². The zero-order valence-electron chi connectivity index (χ0n) is 11.2. The fourth-order valence-electron chi connectivity index (χ4n) is 1.95. The van der Waals surface area contributed by atoms with E-state index in [1.54, 1.807) is 18.2 Å². The van der Waals surface area contributed by atoms with Gasteiger partial charge in [-0.25, -0.2) is 19.1 Å². The second-order valence-electron chi connectivity index (χ2n) is 4.42. The Morgan fingerprint density at radius 1 is 1.23 bits per heavy atom. The molecule has 22 heavy (non-hydrogen) atoms.